The highest BCUT2D eigenvalue weighted by atomic mass is 79.9. The molecule has 4 heteroatoms. The third kappa shape index (κ3) is 3.05. The second kappa shape index (κ2) is 6.06. The van der Waals surface area contributed by atoms with E-state index in [2.05, 4.69) is 69.5 Å². The minimum atomic E-state index is 0.294. The first-order valence-electron chi connectivity index (χ1n) is 7.32. The number of aryl methyl sites for hydroxylation is 1. The zero-order chi connectivity index (χ0) is 14.8. The van der Waals surface area contributed by atoms with Crippen LogP contribution in [0.2, 0.25) is 0 Å². The largest absolute Gasteiger partial charge is 0.376 e. The third-order valence-electron chi connectivity index (χ3n) is 3.97. The molecule has 2 aromatic rings. The number of nitrogens with one attached hydrogen (secondary N) is 1. The summed E-state index contributed by atoms with van der Waals surface area (Å²) in [6.07, 6.45) is 5.37. The van der Waals surface area contributed by atoms with Gasteiger partial charge in [-0.1, -0.05) is 22.0 Å². The summed E-state index contributed by atoms with van der Waals surface area (Å²) in [5.41, 5.74) is 4.93. The van der Waals surface area contributed by atoms with Crippen LogP contribution in [0.1, 0.15) is 30.1 Å². The molecule has 0 saturated carbocycles. The summed E-state index contributed by atoms with van der Waals surface area (Å²) in [5, 5.41) is 3.69. The average molecular weight is 346 g/mol. The van der Waals surface area contributed by atoms with E-state index in [1.54, 1.807) is 0 Å². The van der Waals surface area contributed by atoms with E-state index in [1.165, 1.54) is 23.4 Å². The van der Waals surface area contributed by atoms with E-state index < -0.39 is 0 Å². The van der Waals surface area contributed by atoms with Crippen molar-refractivity contribution < 1.29 is 0 Å². The highest BCUT2D eigenvalue weighted by Crippen LogP contribution is 2.35. The van der Waals surface area contributed by atoms with E-state index in [4.69, 9.17) is 0 Å². The van der Waals surface area contributed by atoms with Crippen molar-refractivity contribution in [3.8, 4) is 0 Å². The SMILES string of the molecule is CN(C)c1ccc(Br)cc1NC1CCCc2cccnc21. The lowest BCUT2D eigenvalue weighted by molar-refractivity contribution is 0.583. The fraction of sp³-hybridized carbons (Fsp3) is 0.353. The molecule has 1 aromatic heterocycles. The molecule has 0 radical (unpaired) electrons. The van der Waals surface area contributed by atoms with Crippen molar-refractivity contribution in [2.45, 2.75) is 25.3 Å². The van der Waals surface area contributed by atoms with Gasteiger partial charge in [0.2, 0.25) is 0 Å². The predicted octanol–water partition coefficient (Wildman–Crippen LogP) is 4.40. The molecule has 1 aliphatic rings. The number of hydrogen-bond acceptors (Lipinski definition) is 3. The Morgan fingerprint density at radius 1 is 1.29 bits per heavy atom. The Hall–Kier alpha value is -1.55. The molecular weight excluding hydrogens is 326 g/mol. The first-order chi connectivity index (χ1) is 10.1. The molecule has 1 aromatic carbocycles. The van der Waals surface area contributed by atoms with Crippen LogP contribution >= 0.6 is 15.9 Å². The molecule has 0 bridgehead atoms. The van der Waals surface area contributed by atoms with Crippen LogP contribution in [0, 0.1) is 0 Å². The van der Waals surface area contributed by atoms with E-state index >= 15 is 0 Å². The number of pyridine rings is 1. The first-order valence-corrected chi connectivity index (χ1v) is 8.11. The summed E-state index contributed by atoms with van der Waals surface area (Å²) in [4.78, 5) is 6.74. The van der Waals surface area contributed by atoms with Crippen molar-refractivity contribution in [3.63, 3.8) is 0 Å². The van der Waals surface area contributed by atoms with E-state index in [9.17, 15) is 0 Å². The maximum atomic E-state index is 4.61. The van der Waals surface area contributed by atoms with Crippen LogP contribution in [0.25, 0.3) is 0 Å². The van der Waals surface area contributed by atoms with E-state index in [0.717, 1.165) is 23.0 Å². The van der Waals surface area contributed by atoms with Crippen molar-refractivity contribution >= 4 is 27.3 Å². The van der Waals surface area contributed by atoms with Crippen LogP contribution in [0.5, 0.6) is 0 Å². The number of hydrogen-bond donors (Lipinski definition) is 1. The lowest BCUT2D eigenvalue weighted by Gasteiger charge is -2.28. The number of aromatic nitrogens is 1. The molecule has 3 nitrogen and oxygen atoms in total. The Morgan fingerprint density at radius 3 is 2.95 bits per heavy atom. The number of fused-ring (bicyclic) bond motifs is 1. The van der Waals surface area contributed by atoms with Crippen LogP contribution in [0.3, 0.4) is 0 Å². The average Bonchev–Trinajstić information content (AvgIpc) is 2.47. The lowest BCUT2D eigenvalue weighted by Crippen LogP contribution is -2.20. The van der Waals surface area contributed by atoms with Crippen molar-refractivity contribution in [1.29, 1.82) is 0 Å². The van der Waals surface area contributed by atoms with Crippen LogP contribution in [-0.2, 0) is 6.42 Å². The molecule has 1 unspecified atom stereocenters. The smallest absolute Gasteiger partial charge is 0.0688 e. The van der Waals surface area contributed by atoms with Gasteiger partial charge in [-0.2, -0.15) is 0 Å². The van der Waals surface area contributed by atoms with Gasteiger partial charge in [0, 0.05) is 24.8 Å². The molecule has 0 spiro atoms. The molecule has 3 rings (SSSR count). The molecule has 0 saturated heterocycles. The normalized spacial score (nSPS) is 17.2. The molecule has 0 fully saturated rings. The van der Waals surface area contributed by atoms with Crippen molar-refractivity contribution in [2.24, 2.45) is 0 Å². The Bertz CT molecular complexity index is 640. The van der Waals surface area contributed by atoms with Gasteiger partial charge in [0.05, 0.1) is 23.1 Å². The highest BCUT2D eigenvalue weighted by Gasteiger charge is 2.22. The van der Waals surface area contributed by atoms with Crippen molar-refractivity contribution in [2.75, 3.05) is 24.3 Å². The Kier molecular flexibility index (Phi) is 4.15. The fourth-order valence-electron chi connectivity index (χ4n) is 2.95. The van der Waals surface area contributed by atoms with Crippen LogP contribution < -0.4 is 10.2 Å². The molecular formula is C17H20BrN3. The number of rotatable bonds is 3. The fourth-order valence-corrected chi connectivity index (χ4v) is 3.31. The van der Waals surface area contributed by atoms with E-state index in [1.807, 2.05) is 12.3 Å². The maximum Gasteiger partial charge on any atom is 0.0688 e. The van der Waals surface area contributed by atoms with Crippen molar-refractivity contribution in [3.05, 3.63) is 52.3 Å². The van der Waals surface area contributed by atoms with Gasteiger partial charge >= 0.3 is 0 Å². The van der Waals surface area contributed by atoms with Crippen molar-refractivity contribution in [1.82, 2.24) is 4.98 Å². The Balaban J connectivity index is 1.93. The number of nitrogens with zero attached hydrogens (tertiary/aromatic N) is 2. The second-order valence-corrected chi connectivity index (χ2v) is 6.61. The summed E-state index contributed by atoms with van der Waals surface area (Å²) in [6, 6.07) is 10.9. The first kappa shape index (κ1) is 14.4. The molecule has 21 heavy (non-hydrogen) atoms. The maximum absolute atomic E-state index is 4.61. The minimum absolute atomic E-state index is 0.294. The Morgan fingerprint density at radius 2 is 2.14 bits per heavy atom. The predicted molar refractivity (Wildman–Crippen MR) is 92.0 cm³/mol. The molecule has 0 amide bonds. The number of benzene rings is 1. The molecule has 110 valence electrons. The van der Waals surface area contributed by atoms with Crippen LogP contribution in [-0.4, -0.2) is 19.1 Å². The monoisotopic (exact) mass is 345 g/mol. The molecule has 1 heterocycles. The topological polar surface area (TPSA) is 28.2 Å². The van der Waals surface area contributed by atoms with Gasteiger partial charge in [-0.3, -0.25) is 4.98 Å². The molecule has 1 N–H and O–H groups in total. The summed E-state index contributed by atoms with van der Waals surface area (Å²) < 4.78 is 1.09. The number of halogens is 1. The van der Waals surface area contributed by atoms with Gasteiger partial charge in [0.1, 0.15) is 0 Å². The summed E-state index contributed by atoms with van der Waals surface area (Å²) in [7, 11) is 4.14. The second-order valence-electron chi connectivity index (χ2n) is 5.69. The molecule has 0 aliphatic heterocycles. The zero-order valence-electron chi connectivity index (χ0n) is 12.4. The van der Waals surface area contributed by atoms with Crippen LogP contribution in [0.4, 0.5) is 11.4 Å². The van der Waals surface area contributed by atoms with Crippen LogP contribution in [0.15, 0.2) is 41.0 Å². The lowest BCUT2D eigenvalue weighted by atomic mass is 9.91. The van der Waals surface area contributed by atoms with E-state index in [-0.39, 0.29) is 0 Å². The van der Waals surface area contributed by atoms with Gasteiger partial charge in [-0.05, 0) is 49.1 Å². The zero-order valence-corrected chi connectivity index (χ0v) is 14.0. The van der Waals surface area contributed by atoms with Gasteiger partial charge in [0.15, 0.2) is 0 Å². The van der Waals surface area contributed by atoms with Gasteiger partial charge in [0.25, 0.3) is 0 Å². The standard InChI is InChI=1S/C17H20BrN3/c1-21(2)16-9-8-13(18)11-15(16)20-14-7-3-5-12-6-4-10-19-17(12)14/h4,6,8-11,14,20H,3,5,7H2,1-2H3. The molecule has 1 atom stereocenters. The highest BCUT2D eigenvalue weighted by molar-refractivity contribution is 9.10. The summed E-state index contributed by atoms with van der Waals surface area (Å²) in [5.74, 6) is 0. The molecule has 1 aliphatic carbocycles. The minimum Gasteiger partial charge on any atom is -0.376 e. The number of anilines is 2. The van der Waals surface area contributed by atoms with Gasteiger partial charge < -0.3 is 10.2 Å². The third-order valence-corrected chi connectivity index (χ3v) is 4.46. The summed E-state index contributed by atoms with van der Waals surface area (Å²) >= 11 is 3.57. The van der Waals surface area contributed by atoms with Gasteiger partial charge in [-0.25, -0.2) is 0 Å². The quantitative estimate of drug-likeness (QED) is 0.893. The summed E-state index contributed by atoms with van der Waals surface area (Å²) in [6.45, 7) is 0. The van der Waals surface area contributed by atoms with E-state index in [0.29, 0.717) is 6.04 Å². The Labute approximate surface area is 134 Å². The van der Waals surface area contributed by atoms with Gasteiger partial charge in [-0.15, -0.1) is 0 Å².